The number of likely N-dealkylation sites (N-methyl/N-ethyl adjacent to an activating group) is 1. The maximum absolute atomic E-state index is 11.4. The number of amides is 1. The number of cyclic esters (lactones) is 1. The molecule has 1 aliphatic heterocycles. The third kappa shape index (κ3) is 2.30. The molecule has 1 atom stereocenters. The van der Waals surface area contributed by atoms with Gasteiger partial charge in [-0.25, -0.2) is 13.2 Å². The fourth-order valence-corrected chi connectivity index (χ4v) is 2.74. The van der Waals surface area contributed by atoms with Crippen LogP contribution < -0.4 is 0 Å². The van der Waals surface area contributed by atoms with Crippen molar-refractivity contribution in [3.8, 4) is 0 Å². The van der Waals surface area contributed by atoms with Crippen molar-refractivity contribution in [1.82, 2.24) is 4.90 Å². The molecule has 0 bridgehead atoms. The zero-order valence-electron chi connectivity index (χ0n) is 9.88. The molecule has 0 radical (unpaired) electrons. The predicted molar refractivity (Wildman–Crippen MR) is 65.9 cm³/mol. The van der Waals surface area contributed by atoms with E-state index in [2.05, 4.69) is 0 Å². The van der Waals surface area contributed by atoms with Crippen molar-refractivity contribution in [3.63, 3.8) is 0 Å². The van der Waals surface area contributed by atoms with E-state index in [9.17, 15) is 13.2 Å². The van der Waals surface area contributed by atoms with Crippen molar-refractivity contribution >= 4 is 25.8 Å². The highest BCUT2D eigenvalue weighted by atomic mass is 35.7. The molecule has 2 rings (SSSR count). The van der Waals surface area contributed by atoms with Gasteiger partial charge >= 0.3 is 6.09 Å². The number of carbonyl (C=O) groups excluding carboxylic acids is 1. The highest BCUT2D eigenvalue weighted by molar-refractivity contribution is 8.13. The summed E-state index contributed by atoms with van der Waals surface area (Å²) in [6.07, 6.45) is -0.434. The van der Waals surface area contributed by atoms with E-state index >= 15 is 0 Å². The average molecular weight is 290 g/mol. The SMILES string of the molecule is CN1CC(C)(c2cccc(S(=O)(=O)Cl)c2)OC1=O. The minimum Gasteiger partial charge on any atom is -0.436 e. The smallest absolute Gasteiger partial charge is 0.410 e. The Morgan fingerprint density at radius 2 is 2.11 bits per heavy atom. The van der Waals surface area contributed by atoms with Crippen LogP contribution in [0.15, 0.2) is 29.2 Å². The molecule has 1 amide bonds. The molecule has 1 unspecified atom stereocenters. The van der Waals surface area contributed by atoms with E-state index < -0.39 is 20.7 Å². The van der Waals surface area contributed by atoms with Gasteiger partial charge in [-0.1, -0.05) is 12.1 Å². The quantitative estimate of drug-likeness (QED) is 0.780. The van der Waals surface area contributed by atoms with Crippen molar-refractivity contribution in [1.29, 1.82) is 0 Å². The highest BCUT2D eigenvalue weighted by Crippen LogP contribution is 2.33. The molecule has 7 heteroatoms. The average Bonchev–Trinajstić information content (AvgIpc) is 2.53. The number of rotatable bonds is 2. The fourth-order valence-electron chi connectivity index (χ4n) is 1.95. The van der Waals surface area contributed by atoms with Crippen LogP contribution in [0.5, 0.6) is 0 Å². The number of carbonyl (C=O) groups is 1. The lowest BCUT2D eigenvalue weighted by Gasteiger charge is -2.22. The van der Waals surface area contributed by atoms with E-state index in [-0.39, 0.29) is 4.90 Å². The molecular formula is C11H12ClNO4S. The number of benzene rings is 1. The monoisotopic (exact) mass is 289 g/mol. The Hall–Kier alpha value is -1.27. The van der Waals surface area contributed by atoms with Crippen LogP contribution in [0.4, 0.5) is 4.79 Å². The molecule has 1 saturated heterocycles. The first-order chi connectivity index (χ1) is 8.22. The Labute approximate surface area is 110 Å². The maximum Gasteiger partial charge on any atom is 0.410 e. The van der Waals surface area contributed by atoms with Gasteiger partial charge in [-0.3, -0.25) is 0 Å². The molecule has 0 spiro atoms. The molecule has 1 fully saturated rings. The summed E-state index contributed by atoms with van der Waals surface area (Å²) in [5.74, 6) is 0. The second-order valence-electron chi connectivity index (χ2n) is 4.42. The van der Waals surface area contributed by atoms with Crippen LogP contribution >= 0.6 is 10.7 Å². The van der Waals surface area contributed by atoms with Gasteiger partial charge < -0.3 is 9.64 Å². The van der Waals surface area contributed by atoms with Crippen LogP contribution in [0.1, 0.15) is 12.5 Å². The van der Waals surface area contributed by atoms with Crippen molar-refractivity contribution in [2.45, 2.75) is 17.4 Å². The van der Waals surface area contributed by atoms with Gasteiger partial charge in [0.2, 0.25) is 0 Å². The summed E-state index contributed by atoms with van der Waals surface area (Å²) in [5, 5.41) is 0. The number of halogens is 1. The normalized spacial score (nSPS) is 24.2. The Morgan fingerprint density at radius 3 is 2.61 bits per heavy atom. The van der Waals surface area contributed by atoms with Gasteiger partial charge in [0.1, 0.15) is 0 Å². The Balaban J connectivity index is 2.44. The summed E-state index contributed by atoms with van der Waals surface area (Å²) >= 11 is 0. The first kappa shape index (κ1) is 13.2. The lowest BCUT2D eigenvalue weighted by molar-refractivity contribution is 0.0700. The van der Waals surface area contributed by atoms with Gasteiger partial charge in [0.25, 0.3) is 9.05 Å². The van der Waals surface area contributed by atoms with Crippen LogP contribution in [-0.2, 0) is 19.4 Å². The lowest BCUT2D eigenvalue weighted by atomic mass is 9.96. The summed E-state index contributed by atoms with van der Waals surface area (Å²) < 4.78 is 27.8. The van der Waals surface area contributed by atoms with Crippen LogP contribution in [0.3, 0.4) is 0 Å². The van der Waals surface area contributed by atoms with Crippen molar-refractivity contribution in [2.24, 2.45) is 0 Å². The zero-order chi connectivity index (χ0) is 13.6. The summed E-state index contributed by atoms with van der Waals surface area (Å²) in [5.41, 5.74) is -0.259. The van der Waals surface area contributed by atoms with Gasteiger partial charge in [-0.05, 0) is 24.6 Å². The molecule has 1 aromatic rings. The van der Waals surface area contributed by atoms with Crippen LogP contribution in [0, 0.1) is 0 Å². The number of hydrogen-bond donors (Lipinski definition) is 0. The van der Waals surface area contributed by atoms with Gasteiger partial charge in [0.05, 0.1) is 11.4 Å². The Morgan fingerprint density at radius 1 is 1.44 bits per heavy atom. The summed E-state index contributed by atoms with van der Waals surface area (Å²) in [7, 11) is 3.12. The van der Waals surface area contributed by atoms with E-state index in [4.69, 9.17) is 15.4 Å². The molecule has 18 heavy (non-hydrogen) atoms. The second-order valence-corrected chi connectivity index (χ2v) is 6.99. The molecule has 98 valence electrons. The van der Waals surface area contributed by atoms with E-state index in [1.807, 2.05) is 0 Å². The molecule has 1 aromatic carbocycles. The molecule has 1 aliphatic rings. The van der Waals surface area contributed by atoms with Crippen LogP contribution in [-0.4, -0.2) is 33.0 Å². The van der Waals surface area contributed by atoms with Crippen molar-refractivity contribution in [2.75, 3.05) is 13.6 Å². The number of hydrogen-bond acceptors (Lipinski definition) is 4. The molecule has 0 N–H and O–H groups in total. The van der Waals surface area contributed by atoms with Crippen LogP contribution in [0.2, 0.25) is 0 Å². The third-order valence-corrected chi connectivity index (χ3v) is 4.24. The number of nitrogens with zero attached hydrogens (tertiary/aromatic N) is 1. The van der Waals surface area contributed by atoms with Gasteiger partial charge in [-0.2, -0.15) is 0 Å². The lowest BCUT2D eigenvalue weighted by Crippen LogP contribution is -2.27. The van der Waals surface area contributed by atoms with Crippen molar-refractivity contribution < 1.29 is 17.9 Å². The molecule has 1 heterocycles. The minimum absolute atomic E-state index is 0.00602. The summed E-state index contributed by atoms with van der Waals surface area (Å²) in [6, 6.07) is 6.10. The van der Waals surface area contributed by atoms with Crippen LogP contribution in [0.25, 0.3) is 0 Å². The van der Waals surface area contributed by atoms with Gasteiger partial charge in [-0.15, -0.1) is 0 Å². The van der Waals surface area contributed by atoms with E-state index in [0.29, 0.717) is 12.1 Å². The topological polar surface area (TPSA) is 63.7 Å². The van der Waals surface area contributed by atoms with Crippen molar-refractivity contribution in [3.05, 3.63) is 29.8 Å². The molecular weight excluding hydrogens is 278 g/mol. The summed E-state index contributed by atoms with van der Waals surface area (Å²) in [4.78, 5) is 12.8. The Bertz CT molecular complexity index is 601. The van der Waals surface area contributed by atoms with E-state index in [1.54, 1.807) is 26.1 Å². The maximum atomic E-state index is 11.4. The zero-order valence-corrected chi connectivity index (χ0v) is 11.5. The highest BCUT2D eigenvalue weighted by Gasteiger charge is 2.41. The predicted octanol–water partition coefficient (Wildman–Crippen LogP) is 1.91. The first-order valence-corrected chi connectivity index (χ1v) is 7.53. The molecule has 0 aliphatic carbocycles. The minimum atomic E-state index is -3.79. The molecule has 0 aromatic heterocycles. The van der Waals surface area contributed by atoms with E-state index in [1.165, 1.54) is 17.0 Å². The third-order valence-electron chi connectivity index (χ3n) is 2.89. The molecule has 5 nitrogen and oxygen atoms in total. The van der Waals surface area contributed by atoms with Gasteiger partial charge in [0, 0.05) is 17.7 Å². The molecule has 0 saturated carbocycles. The second kappa shape index (κ2) is 4.13. The van der Waals surface area contributed by atoms with Gasteiger partial charge in [0.15, 0.2) is 5.60 Å². The van der Waals surface area contributed by atoms with E-state index in [0.717, 1.165) is 0 Å². The number of ether oxygens (including phenoxy) is 1. The first-order valence-electron chi connectivity index (χ1n) is 5.22. The largest absolute Gasteiger partial charge is 0.436 e. The fraction of sp³-hybridized carbons (Fsp3) is 0.364. The standard InChI is InChI=1S/C11H12ClNO4S/c1-11(7-13(2)10(14)17-11)8-4-3-5-9(6-8)18(12,15)16/h3-6H,7H2,1-2H3. The summed E-state index contributed by atoms with van der Waals surface area (Å²) in [6.45, 7) is 2.09. The Kier molecular flexibility index (Phi) is 3.03.